The number of imidazole rings is 1. The molecule has 0 bridgehead atoms. The maximum atomic E-state index is 12.0. The molecule has 0 spiro atoms. The lowest BCUT2D eigenvalue weighted by Gasteiger charge is -2.08. The molecule has 0 aliphatic carbocycles. The average Bonchev–Trinajstić information content (AvgIpc) is 3.02. The molecule has 1 aromatic carbocycles. The van der Waals surface area contributed by atoms with Gasteiger partial charge in [-0.15, -0.1) is 0 Å². The highest BCUT2D eigenvalue weighted by molar-refractivity contribution is 7.07. The standard InChI is InChI=1S/C14H14N4O2S/c1-10-8-21-14(20)17(10)7-6-13(19)16-18-9-15-11-4-2-3-5-12(11)18/h2-5,8-9H,6-7H2,1H3,(H,16,19). The van der Waals surface area contributed by atoms with Gasteiger partial charge in [0.05, 0.1) is 11.0 Å². The molecule has 1 N–H and O–H groups in total. The van der Waals surface area contributed by atoms with Gasteiger partial charge in [-0.3, -0.25) is 15.0 Å². The lowest BCUT2D eigenvalue weighted by atomic mass is 10.3. The first-order valence-electron chi connectivity index (χ1n) is 6.52. The van der Waals surface area contributed by atoms with Crippen LogP contribution < -0.4 is 10.3 Å². The maximum absolute atomic E-state index is 12.0. The summed E-state index contributed by atoms with van der Waals surface area (Å²) in [6.07, 6.45) is 1.81. The fourth-order valence-corrected chi connectivity index (χ4v) is 2.89. The molecule has 3 aromatic rings. The number of carbonyl (C=O) groups excluding carboxylic acids is 1. The third-order valence-electron chi connectivity index (χ3n) is 3.24. The highest BCUT2D eigenvalue weighted by Gasteiger charge is 2.08. The summed E-state index contributed by atoms with van der Waals surface area (Å²) in [7, 11) is 0. The highest BCUT2D eigenvalue weighted by Crippen LogP contribution is 2.10. The van der Waals surface area contributed by atoms with Crippen molar-refractivity contribution in [1.29, 1.82) is 0 Å². The van der Waals surface area contributed by atoms with Crippen molar-refractivity contribution >= 4 is 28.3 Å². The summed E-state index contributed by atoms with van der Waals surface area (Å²) in [5.41, 5.74) is 5.31. The molecule has 1 amide bonds. The molecule has 0 atom stereocenters. The molecule has 0 radical (unpaired) electrons. The Labute approximate surface area is 124 Å². The second-order valence-corrected chi connectivity index (χ2v) is 5.50. The van der Waals surface area contributed by atoms with Crippen LogP contribution in [0.2, 0.25) is 0 Å². The Kier molecular flexibility index (Phi) is 3.57. The number of rotatable bonds is 4. The second-order valence-electron chi connectivity index (χ2n) is 4.68. The van der Waals surface area contributed by atoms with Crippen molar-refractivity contribution in [3.8, 4) is 0 Å². The van der Waals surface area contributed by atoms with E-state index in [9.17, 15) is 9.59 Å². The number of hydrogen-bond donors (Lipinski definition) is 1. The topological polar surface area (TPSA) is 68.9 Å². The van der Waals surface area contributed by atoms with Crippen molar-refractivity contribution in [2.75, 3.05) is 5.43 Å². The van der Waals surface area contributed by atoms with Crippen molar-refractivity contribution in [3.63, 3.8) is 0 Å². The quantitative estimate of drug-likeness (QED) is 0.798. The van der Waals surface area contributed by atoms with Gasteiger partial charge in [0.25, 0.3) is 0 Å². The van der Waals surface area contributed by atoms with E-state index in [4.69, 9.17) is 0 Å². The molecule has 0 saturated carbocycles. The Morgan fingerprint density at radius 1 is 1.38 bits per heavy atom. The van der Waals surface area contributed by atoms with Gasteiger partial charge in [-0.2, -0.15) is 0 Å². The van der Waals surface area contributed by atoms with Gasteiger partial charge in [0.2, 0.25) is 5.91 Å². The van der Waals surface area contributed by atoms with Gasteiger partial charge in [-0.1, -0.05) is 23.5 Å². The SMILES string of the molecule is Cc1csc(=O)n1CCC(=O)Nn1cnc2ccccc21. The van der Waals surface area contributed by atoms with Gasteiger partial charge >= 0.3 is 4.87 Å². The molecule has 2 heterocycles. The van der Waals surface area contributed by atoms with Crippen molar-refractivity contribution in [2.24, 2.45) is 0 Å². The van der Waals surface area contributed by atoms with Crippen LogP contribution in [-0.2, 0) is 11.3 Å². The summed E-state index contributed by atoms with van der Waals surface area (Å²) in [5.74, 6) is -0.157. The summed E-state index contributed by atoms with van der Waals surface area (Å²) >= 11 is 1.15. The zero-order chi connectivity index (χ0) is 14.8. The number of para-hydroxylation sites is 2. The number of thiazole rings is 1. The molecule has 0 unspecified atom stereocenters. The molecule has 6 nitrogen and oxygen atoms in total. The maximum Gasteiger partial charge on any atom is 0.307 e. The summed E-state index contributed by atoms with van der Waals surface area (Å²) in [6.45, 7) is 2.24. The Morgan fingerprint density at radius 3 is 2.95 bits per heavy atom. The van der Waals surface area contributed by atoms with Crippen LogP contribution >= 0.6 is 11.3 Å². The number of carbonyl (C=O) groups is 1. The van der Waals surface area contributed by atoms with Crippen LogP contribution in [-0.4, -0.2) is 20.1 Å². The zero-order valence-electron chi connectivity index (χ0n) is 11.4. The first-order chi connectivity index (χ1) is 10.1. The van der Waals surface area contributed by atoms with Gasteiger partial charge in [0, 0.05) is 24.0 Å². The molecule has 7 heteroatoms. The first kappa shape index (κ1) is 13.6. The summed E-state index contributed by atoms with van der Waals surface area (Å²) in [5, 5.41) is 1.80. The number of benzene rings is 1. The molecule has 3 rings (SSSR count). The van der Waals surface area contributed by atoms with Crippen molar-refractivity contribution in [3.05, 3.63) is 51.3 Å². The summed E-state index contributed by atoms with van der Waals surface area (Å²) < 4.78 is 3.21. The second kappa shape index (κ2) is 5.53. The number of hydrogen-bond acceptors (Lipinski definition) is 4. The molecule has 21 heavy (non-hydrogen) atoms. The van der Waals surface area contributed by atoms with E-state index in [-0.39, 0.29) is 17.2 Å². The number of amides is 1. The van der Waals surface area contributed by atoms with Crippen LogP contribution in [0.3, 0.4) is 0 Å². The normalized spacial score (nSPS) is 10.9. The molecule has 0 saturated heterocycles. The number of nitrogens with zero attached hydrogens (tertiary/aromatic N) is 3. The third-order valence-corrected chi connectivity index (χ3v) is 4.12. The van der Waals surface area contributed by atoms with Crippen molar-refractivity contribution in [2.45, 2.75) is 19.9 Å². The molecule has 2 aromatic heterocycles. The monoisotopic (exact) mass is 302 g/mol. The number of aromatic nitrogens is 3. The minimum absolute atomic E-state index is 0.0339. The fourth-order valence-electron chi connectivity index (χ4n) is 2.13. The van der Waals surface area contributed by atoms with Gasteiger partial charge in [0.1, 0.15) is 6.33 Å². The third kappa shape index (κ3) is 2.73. The van der Waals surface area contributed by atoms with Gasteiger partial charge in [-0.05, 0) is 19.1 Å². The lowest BCUT2D eigenvalue weighted by molar-refractivity contribution is -0.117. The largest absolute Gasteiger partial charge is 0.307 e. The van der Waals surface area contributed by atoms with Crippen LogP contribution in [0.5, 0.6) is 0 Å². The van der Waals surface area contributed by atoms with E-state index in [0.29, 0.717) is 6.54 Å². The number of aryl methyl sites for hydroxylation is 1. The van der Waals surface area contributed by atoms with Gasteiger partial charge < -0.3 is 4.57 Å². The van der Waals surface area contributed by atoms with E-state index in [1.807, 2.05) is 31.2 Å². The van der Waals surface area contributed by atoms with Crippen molar-refractivity contribution < 1.29 is 4.79 Å². The summed E-state index contributed by atoms with van der Waals surface area (Å²) in [4.78, 5) is 27.7. The lowest BCUT2D eigenvalue weighted by Crippen LogP contribution is -2.25. The Morgan fingerprint density at radius 2 is 2.19 bits per heavy atom. The van der Waals surface area contributed by atoms with Crippen LogP contribution in [0.25, 0.3) is 11.0 Å². The van der Waals surface area contributed by atoms with E-state index in [1.54, 1.807) is 21.0 Å². The van der Waals surface area contributed by atoms with Crippen LogP contribution in [0.15, 0.2) is 40.8 Å². The average molecular weight is 302 g/mol. The number of nitrogens with one attached hydrogen (secondary N) is 1. The van der Waals surface area contributed by atoms with E-state index >= 15 is 0 Å². The zero-order valence-corrected chi connectivity index (χ0v) is 12.3. The predicted molar refractivity (Wildman–Crippen MR) is 82.0 cm³/mol. The summed E-state index contributed by atoms with van der Waals surface area (Å²) in [6, 6.07) is 7.55. The fraction of sp³-hybridized carbons (Fsp3) is 0.214. The minimum Gasteiger partial charge on any atom is -0.303 e. The molecular formula is C14H14N4O2S. The molecule has 0 aliphatic rings. The molecular weight excluding hydrogens is 288 g/mol. The van der Waals surface area contributed by atoms with E-state index in [0.717, 1.165) is 28.1 Å². The first-order valence-corrected chi connectivity index (χ1v) is 7.40. The molecule has 0 aliphatic heterocycles. The Hall–Kier alpha value is -2.41. The van der Waals surface area contributed by atoms with Crippen LogP contribution in [0, 0.1) is 6.92 Å². The highest BCUT2D eigenvalue weighted by atomic mass is 32.1. The van der Waals surface area contributed by atoms with E-state index in [1.165, 1.54) is 0 Å². The van der Waals surface area contributed by atoms with Crippen LogP contribution in [0.4, 0.5) is 0 Å². The van der Waals surface area contributed by atoms with E-state index in [2.05, 4.69) is 10.4 Å². The van der Waals surface area contributed by atoms with Gasteiger partial charge in [0.15, 0.2) is 0 Å². The molecule has 108 valence electrons. The Balaban J connectivity index is 1.68. The van der Waals surface area contributed by atoms with Crippen LogP contribution in [0.1, 0.15) is 12.1 Å². The smallest absolute Gasteiger partial charge is 0.303 e. The molecule has 0 fully saturated rings. The number of fused-ring (bicyclic) bond motifs is 1. The van der Waals surface area contributed by atoms with Gasteiger partial charge in [-0.25, -0.2) is 9.66 Å². The Bertz CT molecular complexity index is 846. The van der Waals surface area contributed by atoms with E-state index < -0.39 is 0 Å². The predicted octanol–water partition coefficient (Wildman–Crippen LogP) is 1.73. The minimum atomic E-state index is -0.157. The van der Waals surface area contributed by atoms with Crippen molar-refractivity contribution in [1.82, 2.24) is 14.2 Å².